The lowest BCUT2D eigenvalue weighted by Crippen LogP contribution is -2.48. The first-order valence-electron chi connectivity index (χ1n) is 6.19. The minimum Gasteiger partial charge on any atom is -0.464 e. The highest BCUT2D eigenvalue weighted by Gasteiger charge is 2.30. The van der Waals surface area contributed by atoms with Gasteiger partial charge in [0.2, 0.25) is 11.9 Å². The molecule has 0 aliphatic rings. The number of carbonyl (C=O) groups excluding carboxylic acids is 3. The fraction of sp³-hybridized carbons (Fsp3) is 0.750. The Labute approximate surface area is 107 Å². The average Bonchev–Trinajstić information content (AvgIpc) is 2.33. The van der Waals surface area contributed by atoms with Crippen molar-refractivity contribution in [3.05, 3.63) is 0 Å². The molecule has 0 aromatic heterocycles. The standard InChI is InChI=1S/C12H21NO5/c1-4-7-8-9(14)13-10(11(15)17-5-2)12(16)18-6-3/h10H,4-8H2,1-3H3,(H,13,14). The lowest BCUT2D eigenvalue weighted by Gasteiger charge is -2.15. The molecule has 0 aromatic rings. The number of carbonyl (C=O) groups is 3. The van der Waals surface area contributed by atoms with E-state index in [9.17, 15) is 14.4 Å². The first kappa shape index (κ1) is 16.4. The van der Waals surface area contributed by atoms with Crippen molar-refractivity contribution in [2.45, 2.75) is 46.1 Å². The largest absolute Gasteiger partial charge is 0.464 e. The predicted octanol–water partition coefficient (Wildman–Crippen LogP) is 0.788. The van der Waals surface area contributed by atoms with E-state index in [4.69, 9.17) is 9.47 Å². The summed E-state index contributed by atoms with van der Waals surface area (Å²) in [6, 6.07) is -1.37. The molecule has 1 amide bonds. The molecule has 0 aliphatic carbocycles. The summed E-state index contributed by atoms with van der Waals surface area (Å²) in [4.78, 5) is 34.6. The summed E-state index contributed by atoms with van der Waals surface area (Å²) in [5, 5.41) is 2.33. The van der Waals surface area contributed by atoms with E-state index < -0.39 is 18.0 Å². The highest BCUT2D eigenvalue weighted by molar-refractivity contribution is 6.02. The average molecular weight is 259 g/mol. The van der Waals surface area contributed by atoms with Crippen LogP contribution < -0.4 is 5.32 Å². The van der Waals surface area contributed by atoms with Crippen molar-refractivity contribution in [3.8, 4) is 0 Å². The molecule has 18 heavy (non-hydrogen) atoms. The number of hydrogen-bond acceptors (Lipinski definition) is 5. The summed E-state index contributed by atoms with van der Waals surface area (Å²) in [7, 11) is 0. The van der Waals surface area contributed by atoms with E-state index in [1.165, 1.54) is 0 Å². The molecule has 0 aliphatic heterocycles. The number of hydrogen-bond donors (Lipinski definition) is 1. The molecule has 6 heteroatoms. The molecule has 0 radical (unpaired) electrons. The minimum absolute atomic E-state index is 0.138. The van der Waals surface area contributed by atoms with E-state index in [1.54, 1.807) is 13.8 Å². The minimum atomic E-state index is -1.37. The van der Waals surface area contributed by atoms with Gasteiger partial charge in [0.1, 0.15) is 0 Å². The predicted molar refractivity (Wildman–Crippen MR) is 64.7 cm³/mol. The summed E-state index contributed by atoms with van der Waals surface area (Å²) < 4.78 is 9.44. The summed E-state index contributed by atoms with van der Waals surface area (Å²) in [5.74, 6) is -1.94. The number of rotatable bonds is 8. The van der Waals surface area contributed by atoms with Gasteiger partial charge in [-0.3, -0.25) is 4.79 Å². The van der Waals surface area contributed by atoms with Gasteiger partial charge in [0.15, 0.2) is 0 Å². The molecule has 104 valence electrons. The summed E-state index contributed by atoms with van der Waals surface area (Å²) >= 11 is 0. The molecule has 6 nitrogen and oxygen atoms in total. The normalized spacial score (nSPS) is 10.0. The Morgan fingerprint density at radius 2 is 1.50 bits per heavy atom. The second kappa shape index (κ2) is 9.44. The van der Waals surface area contributed by atoms with Gasteiger partial charge in [-0.2, -0.15) is 0 Å². The molecule has 0 bridgehead atoms. The molecule has 0 rings (SSSR count). The van der Waals surface area contributed by atoms with Gasteiger partial charge in [0.05, 0.1) is 13.2 Å². The summed E-state index contributed by atoms with van der Waals surface area (Å²) in [6.45, 7) is 5.47. The maximum absolute atomic E-state index is 11.5. The Balaban J connectivity index is 4.51. The third kappa shape index (κ3) is 6.22. The van der Waals surface area contributed by atoms with Crippen LogP contribution in [-0.4, -0.2) is 37.1 Å². The van der Waals surface area contributed by atoms with Crippen molar-refractivity contribution >= 4 is 17.8 Å². The smallest absolute Gasteiger partial charge is 0.340 e. The Morgan fingerprint density at radius 3 is 1.89 bits per heavy atom. The SMILES string of the molecule is CCCCC(=O)NC(C(=O)OCC)C(=O)OCC. The Kier molecular flexibility index (Phi) is 8.61. The summed E-state index contributed by atoms with van der Waals surface area (Å²) in [5.41, 5.74) is 0. The van der Waals surface area contributed by atoms with Gasteiger partial charge >= 0.3 is 11.9 Å². The molecule has 1 N–H and O–H groups in total. The quantitative estimate of drug-likeness (QED) is 0.514. The zero-order valence-corrected chi connectivity index (χ0v) is 11.2. The van der Waals surface area contributed by atoms with E-state index in [-0.39, 0.29) is 25.5 Å². The Bertz CT molecular complexity index is 272. The molecular weight excluding hydrogens is 238 g/mol. The lowest BCUT2D eigenvalue weighted by atomic mass is 10.2. The number of esters is 2. The van der Waals surface area contributed by atoms with Crippen LogP contribution in [0.4, 0.5) is 0 Å². The number of amides is 1. The van der Waals surface area contributed by atoms with Gasteiger partial charge in [-0.1, -0.05) is 13.3 Å². The van der Waals surface area contributed by atoms with Crippen molar-refractivity contribution in [2.75, 3.05) is 13.2 Å². The van der Waals surface area contributed by atoms with Crippen molar-refractivity contribution in [1.82, 2.24) is 5.32 Å². The van der Waals surface area contributed by atoms with E-state index >= 15 is 0 Å². The fourth-order valence-electron chi connectivity index (χ4n) is 1.24. The monoisotopic (exact) mass is 259 g/mol. The van der Waals surface area contributed by atoms with Crippen LogP contribution in [0.5, 0.6) is 0 Å². The molecule has 0 saturated heterocycles. The first-order valence-corrected chi connectivity index (χ1v) is 6.19. The van der Waals surface area contributed by atoms with Crippen LogP contribution in [0.15, 0.2) is 0 Å². The fourth-order valence-corrected chi connectivity index (χ4v) is 1.24. The molecule has 0 heterocycles. The zero-order chi connectivity index (χ0) is 14.0. The molecule has 0 atom stereocenters. The summed E-state index contributed by atoms with van der Waals surface area (Å²) in [6.07, 6.45) is 1.83. The van der Waals surface area contributed by atoms with Crippen molar-refractivity contribution < 1.29 is 23.9 Å². The molecule has 0 fully saturated rings. The maximum Gasteiger partial charge on any atom is 0.340 e. The Hall–Kier alpha value is -1.59. The highest BCUT2D eigenvalue weighted by Crippen LogP contribution is 1.98. The molecule has 0 aromatic carbocycles. The molecule has 0 spiro atoms. The second-order valence-electron chi connectivity index (χ2n) is 3.61. The van der Waals surface area contributed by atoms with E-state index in [0.29, 0.717) is 6.42 Å². The van der Waals surface area contributed by atoms with Gasteiger partial charge in [0, 0.05) is 6.42 Å². The van der Waals surface area contributed by atoms with Crippen molar-refractivity contribution in [1.29, 1.82) is 0 Å². The van der Waals surface area contributed by atoms with Crippen molar-refractivity contribution in [2.24, 2.45) is 0 Å². The molecule has 0 unspecified atom stereocenters. The van der Waals surface area contributed by atoms with Gasteiger partial charge in [-0.05, 0) is 20.3 Å². The van der Waals surface area contributed by atoms with Crippen molar-refractivity contribution in [3.63, 3.8) is 0 Å². The number of nitrogens with one attached hydrogen (secondary N) is 1. The van der Waals surface area contributed by atoms with Crippen LogP contribution >= 0.6 is 0 Å². The van der Waals surface area contributed by atoms with Crippen LogP contribution in [0, 0.1) is 0 Å². The van der Waals surface area contributed by atoms with Crippen LogP contribution in [-0.2, 0) is 23.9 Å². The first-order chi connectivity index (χ1) is 8.56. The van der Waals surface area contributed by atoms with Crippen LogP contribution in [0.1, 0.15) is 40.0 Å². The van der Waals surface area contributed by atoms with Gasteiger partial charge < -0.3 is 14.8 Å². The number of ether oxygens (including phenoxy) is 2. The molecule has 0 saturated carbocycles. The molecular formula is C12H21NO5. The lowest BCUT2D eigenvalue weighted by molar-refractivity contribution is -0.159. The van der Waals surface area contributed by atoms with Crippen LogP contribution in [0.3, 0.4) is 0 Å². The second-order valence-corrected chi connectivity index (χ2v) is 3.61. The topological polar surface area (TPSA) is 81.7 Å². The maximum atomic E-state index is 11.5. The Morgan fingerprint density at radius 1 is 1.00 bits per heavy atom. The van der Waals surface area contributed by atoms with Crippen LogP contribution in [0.25, 0.3) is 0 Å². The third-order valence-electron chi connectivity index (χ3n) is 2.11. The number of unbranched alkanes of at least 4 members (excludes halogenated alkanes) is 1. The van der Waals surface area contributed by atoms with Gasteiger partial charge in [-0.15, -0.1) is 0 Å². The van der Waals surface area contributed by atoms with E-state index in [2.05, 4.69) is 5.32 Å². The van der Waals surface area contributed by atoms with Gasteiger partial charge in [-0.25, -0.2) is 9.59 Å². The van der Waals surface area contributed by atoms with E-state index in [1.807, 2.05) is 6.92 Å². The highest BCUT2D eigenvalue weighted by atomic mass is 16.6. The van der Waals surface area contributed by atoms with Gasteiger partial charge in [0.25, 0.3) is 0 Å². The van der Waals surface area contributed by atoms with Crippen LogP contribution in [0.2, 0.25) is 0 Å². The van der Waals surface area contributed by atoms with E-state index in [0.717, 1.165) is 6.42 Å². The third-order valence-corrected chi connectivity index (χ3v) is 2.11. The zero-order valence-electron chi connectivity index (χ0n) is 11.2.